The Bertz CT molecular complexity index is 1410. The highest BCUT2D eigenvalue weighted by Crippen LogP contribution is 2.14. The fourth-order valence-corrected chi connectivity index (χ4v) is 3.66. The maximum atomic E-state index is 12.9. The first kappa shape index (κ1) is 23.6. The van der Waals surface area contributed by atoms with Crippen molar-refractivity contribution in [2.24, 2.45) is 0 Å². The van der Waals surface area contributed by atoms with Crippen molar-refractivity contribution in [3.8, 4) is 5.75 Å². The highest BCUT2D eigenvalue weighted by atomic mass is 16.6. The Morgan fingerprint density at radius 1 is 1.17 bits per heavy atom. The summed E-state index contributed by atoms with van der Waals surface area (Å²) in [6, 6.07) is 13.5. The Balaban J connectivity index is 1.37. The summed E-state index contributed by atoms with van der Waals surface area (Å²) in [6.45, 7) is 3.32. The lowest BCUT2D eigenvalue weighted by molar-refractivity contribution is -0.384. The van der Waals surface area contributed by atoms with Crippen LogP contribution < -0.4 is 15.6 Å². The number of rotatable bonds is 10. The van der Waals surface area contributed by atoms with E-state index in [0.29, 0.717) is 36.3 Å². The summed E-state index contributed by atoms with van der Waals surface area (Å²) in [5, 5.41) is 18.4. The quantitative estimate of drug-likeness (QED) is 0.274. The van der Waals surface area contributed by atoms with Gasteiger partial charge in [0, 0.05) is 18.7 Å². The van der Waals surface area contributed by atoms with Gasteiger partial charge in [-0.2, -0.15) is 5.10 Å². The number of carbonyl (C=O) groups excluding carboxylic acids is 1. The SMILES string of the molecule is CCOc1ccc(CC(=O)NCCn2ncc3c(=O)n(Cc4cccc([N+](=O)[O-])c4)cnc32)cc1. The van der Waals surface area contributed by atoms with Crippen molar-refractivity contribution in [3.63, 3.8) is 0 Å². The molecule has 4 rings (SSSR count). The molecule has 0 bridgehead atoms. The molecule has 0 saturated carbocycles. The molecule has 0 spiro atoms. The van der Waals surface area contributed by atoms with E-state index in [2.05, 4.69) is 15.4 Å². The van der Waals surface area contributed by atoms with E-state index >= 15 is 0 Å². The zero-order valence-corrected chi connectivity index (χ0v) is 19.1. The molecule has 2 aromatic carbocycles. The number of ether oxygens (including phenoxy) is 1. The fraction of sp³-hybridized carbons (Fsp3) is 0.250. The minimum Gasteiger partial charge on any atom is -0.494 e. The first-order chi connectivity index (χ1) is 16.9. The molecule has 0 unspecified atom stereocenters. The Morgan fingerprint density at radius 3 is 2.71 bits per heavy atom. The number of amides is 1. The molecule has 1 amide bonds. The Kier molecular flexibility index (Phi) is 7.15. The highest BCUT2D eigenvalue weighted by Gasteiger charge is 2.12. The second kappa shape index (κ2) is 10.6. The molecule has 11 heteroatoms. The number of nitro benzene ring substituents is 1. The van der Waals surface area contributed by atoms with Crippen molar-refractivity contribution in [1.29, 1.82) is 0 Å². The molecule has 0 aliphatic carbocycles. The van der Waals surface area contributed by atoms with E-state index in [4.69, 9.17) is 4.74 Å². The number of benzene rings is 2. The number of hydrogen-bond acceptors (Lipinski definition) is 7. The topological polar surface area (TPSA) is 134 Å². The van der Waals surface area contributed by atoms with Crippen LogP contribution in [0.3, 0.4) is 0 Å². The summed E-state index contributed by atoms with van der Waals surface area (Å²) >= 11 is 0. The summed E-state index contributed by atoms with van der Waals surface area (Å²) in [5.41, 5.74) is 1.56. The third kappa shape index (κ3) is 5.69. The molecule has 1 N–H and O–H groups in total. The van der Waals surface area contributed by atoms with Gasteiger partial charge in [0.25, 0.3) is 11.2 Å². The maximum Gasteiger partial charge on any atom is 0.269 e. The van der Waals surface area contributed by atoms with Crippen LogP contribution in [0.25, 0.3) is 11.0 Å². The fourth-order valence-electron chi connectivity index (χ4n) is 3.66. The van der Waals surface area contributed by atoms with Crippen molar-refractivity contribution in [3.05, 3.63) is 92.7 Å². The lowest BCUT2D eigenvalue weighted by Gasteiger charge is -2.08. The minimum absolute atomic E-state index is 0.0398. The van der Waals surface area contributed by atoms with Crippen LogP contribution in [0, 0.1) is 10.1 Å². The predicted molar refractivity (Wildman–Crippen MR) is 128 cm³/mol. The van der Waals surface area contributed by atoms with Crippen LogP contribution in [0.4, 0.5) is 5.69 Å². The van der Waals surface area contributed by atoms with Gasteiger partial charge in [0.2, 0.25) is 5.91 Å². The van der Waals surface area contributed by atoms with E-state index < -0.39 is 4.92 Å². The number of hydrogen-bond donors (Lipinski definition) is 1. The van der Waals surface area contributed by atoms with Crippen molar-refractivity contribution in [2.45, 2.75) is 26.4 Å². The van der Waals surface area contributed by atoms with Crippen LogP contribution in [-0.2, 0) is 24.3 Å². The monoisotopic (exact) mass is 476 g/mol. The molecule has 0 aliphatic rings. The molecule has 0 atom stereocenters. The number of nitro groups is 1. The second-order valence-corrected chi connectivity index (χ2v) is 7.81. The van der Waals surface area contributed by atoms with Crippen LogP contribution in [0.2, 0.25) is 0 Å². The van der Waals surface area contributed by atoms with Gasteiger partial charge in [-0.3, -0.25) is 24.3 Å². The summed E-state index contributed by atoms with van der Waals surface area (Å²) < 4.78 is 8.34. The van der Waals surface area contributed by atoms with Crippen molar-refractivity contribution in [2.75, 3.05) is 13.2 Å². The van der Waals surface area contributed by atoms with Crippen LogP contribution in [0.1, 0.15) is 18.1 Å². The van der Waals surface area contributed by atoms with E-state index in [9.17, 15) is 19.7 Å². The summed E-state index contributed by atoms with van der Waals surface area (Å²) in [6.07, 6.45) is 3.08. The zero-order chi connectivity index (χ0) is 24.8. The van der Waals surface area contributed by atoms with Crippen molar-refractivity contribution >= 4 is 22.6 Å². The number of non-ortho nitro benzene ring substituents is 1. The summed E-state index contributed by atoms with van der Waals surface area (Å²) in [5.74, 6) is 0.636. The molecule has 11 nitrogen and oxygen atoms in total. The van der Waals surface area contributed by atoms with Crippen LogP contribution in [-0.4, -0.2) is 43.3 Å². The molecule has 0 fully saturated rings. The number of fused-ring (bicyclic) bond motifs is 1. The molecule has 2 aromatic heterocycles. The smallest absolute Gasteiger partial charge is 0.269 e. The maximum absolute atomic E-state index is 12.9. The lowest BCUT2D eigenvalue weighted by Crippen LogP contribution is -2.29. The van der Waals surface area contributed by atoms with E-state index in [1.807, 2.05) is 31.2 Å². The zero-order valence-electron chi connectivity index (χ0n) is 19.1. The Morgan fingerprint density at radius 2 is 1.97 bits per heavy atom. The Labute approximate surface area is 200 Å². The largest absolute Gasteiger partial charge is 0.494 e. The predicted octanol–water partition coefficient (Wildman–Crippen LogP) is 2.31. The number of nitrogens with zero attached hydrogens (tertiary/aromatic N) is 5. The van der Waals surface area contributed by atoms with Gasteiger partial charge in [-0.05, 0) is 30.2 Å². The number of nitrogens with one attached hydrogen (secondary N) is 1. The molecule has 0 saturated heterocycles. The van der Waals surface area contributed by atoms with Gasteiger partial charge in [0.15, 0.2) is 5.65 Å². The normalized spacial score (nSPS) is 10.9. The Hall–Kier alpha value is -4.54. The van der Waals surface area contributed by atoms with Gasteiger partial charge in [0.1, 0.15) is 17.5 Å². The van der Waals surface area contributed by atoms with Crippen LogP contribution in [0.15, 0.2) is 65.8 Å². The first-order valence-electron chi connectivity index (χ1n) is 11.1. The first-order valence-corrected chi connectivity index (χ1v) is 11.1. The van der Waals surface area contributed by atoms with E-state index in [1.54, 1.807) is 16.8 Å². The van der Waals surface area contributed by atoms with Crippen molar-refractivity contribution in [1.82, 2.24) is 24.6 Å². The number of carbonyl (C=O) groups is 1. The van der Waals surface area contributed by atoms with Gasteiger partial charge in [0.05, 0.1) is 37.2 Å². The minimum atomic E-state index is -0.478. The molecular weight excluding hydrogens is 452 g/mol. The third-order valence-electron chi connectivity index (χ3n) is 5.34. The van der Waals surface area contributed by atoms with Gasteiger partial charge in [-0.15, -0.1) is 0 Å². The average molecular weight is 476 g/mol. The standard InChI is InChI=1S/C24H24N6O5/c1-2-35-20-8-6-17(7-9-20)13-22(31)25-10-11-29-23-21(14-27-29)24(32)28(16-26-23)15-18-4-3-5-19(12-18)30(33)34/h3-9,12,14,16H,2,10-11,13,15H2,1H3,(H,25,31). The second-order valence-electron chi connectivity index (χ2n) is 7.81. The molecule has 2 heterocycles. The van der Waals surface area contributed by atoms with Crippen LogP contribution >= 0.6 is 0 Å². The molecular formula is C24H24N6O5. The number of aromatic nitrogens is 4. The van der Waals surface area contributed by atoms with Gasteiger partial charge < -0.3 is 10.1 Å². The van der Waals surface area contributed by atoms with Gasteiger partial charge >= 0.3 is 0 Å². The molecule has 35 heavy (non-hydrogen) atoms. The summed E-state index contributed by atoms with van der Waals surface area (Å²) in [7, 11) is 0. The van der Waals surface area contributed by atoms with E-state index in [1.165, 1.54) is 29.2 Å². The lowest BCUT2D eigenvalue weighted by atomic mass is 10.1. The highest BCUT2D eigenvalue weighted by molar-refractivity contribution is 5.78. The van der Waals surface area contributed by atoms with Crippen LogP contribution in [0.5, 0.6) is 5.75 Å². The molecule has 0 aliphatic heterocycles. The van der Waals surface area contributed by atoms with Crippen molar-refractivity contribution < 1.29 is 14.5 Å². The molecule has 4 aromatic rings. The third-order valence-corrected chi connectivity index (χ3v) is 5.34. The summed E-state index contributed by atoms with van der Waals surface area (Å²) in [4.78, 5) is 40.0. The average Bonchev–Trinajstić information content (AvgIpc) is 3.26. The van der Waals surface area contributed by atoms with E-state index in [0.717, 1.165) is 11.3 Å². The van der Waals surface area contributed by atoms with Gasteiger partial charge in [-0.25, -0.2) is 9.67 Å². The molecule has 0 radical (unpaired) electrons. The van der Waals surface area contributed by atoms with Gasteiger partial charge in [-0.1, -0.05) is 24.3 Å². The van der Waals surface area contributed by atoms with E-state index in [-0.39, 0.29) is 30.1 Å². The molecule has 180 valence electrons.